The molecule has 32 heavy (non-hydrogen) atoms. The third kappa shape index (κ3) is 14.6. The minimum Gasteiger partial charge on any atom is -0.481 e. The zero-order valence-electron chi connectivity index (χ0n) is 16.7. The van der Waals surface area contributed by atoms with Gasteiger partial charge in [0.25, 0.3) is 0 Å². The van der Waals surface area contributed by atoms with Crippen LogP contribution < -0.4 is 10.6 Å². The van der Waals surface area contributed by atoms with Crippen molar-refractivity contribution in [2.45, 2.75) is 36.9 Å². The normalized spacial score (nSPS) is 13.3. The number of aliphatic hydroxyl groups is 2. The Bertz CT molecular complexity index is 593. The molecular weight excluding hydrogens is 444 g/mol. The SMILES string of the molecule is C1CNCCN1.O=C(O)CC(O)(CC(=O)O)C(=O)O.O=C(O)CC(O)(CC(=O)O)C(=O)O. The fraction of sp³-hybridized carbons (Fsp3) is 0.625. The lowest BCUT2D eigenvalue weighted by atomic mass is 9.96. The summed E-state index contributed by atoms with van der Waals surface area (Å²) in [5.41, 5.74) is -5.48. The van der Waals surface area contributed by atoms with Crippen LogP contribution in [0.5, 0.6) is 0 Å². The summed E-state index contributed by atoms with van der Waals surface area (Å²) in [5, 5.41) is 74.1. The fourth-order valence-electron chi connectivity index (χ4n) is 2.03. The first kappa shape index (κ1) is 30.9. The summed E-state index contributed by atoms with van der Waals surface area (Å²) in [6, 6.07) is 0. The molecule has 0 saturated carbocycles. The second-order valence-electron chi connectivity index (χ2n) is 6.46. The number of aliphatic carboxylic acids is 6. The summed E-state index contributed by atoms with van der Waals surface area (Å²) in [5.74, 6) is -10.0. The lowest BCUT2D eigenvalue weighted by Gasteiger charge is -2.18. The predicted octanol–water partition coefficient (Wildman–Crippen LogP) is -3.32. The van der Waals surface area contributed by atoms with Crippen molar-refractivity contribution in [1.82, 2.24) is 10.6 Å². The quantitative estimate of drug-likeness (QED) is 0.149. The Kier molecular flexibility index (Phi) is 14.1. The number of hydrogen-bond acceptors (Lipinski definition) is 10. The largest absolute Gasteiger partial charge is 0.481 e. The summed E-state index contributed by atoms with van der Waals surface area (Å²) in [6.07, 6.45) is -4.58. The molecule has 0 aromatic rings. The van der Waals surface area contributed by atoms with E-state index in [-0.39, 0.29) is 0 Å². The molecule has 0 atom stereocenters. The van der Waals surface area contributed by atoms with Gasteiger partial charge in [-0.25, -0.2) is 9.59 Å². The second kappa shape index (κ2) is 14.6. The van der Waals surface area contributed by atoms with Crippen molar-refractivity contribution in [3.63, 3.8) is 0 Å². The smallest absolute Gasteiger partial charge is 0.336 e. The third-order valence-corrected chi connectivity index (χ3v) is 3.53. The van der Waals surface area contributed by atoms with Crippen molar-refractivity contribution in [2.24, 2.45) is 0 Å². The zero-order chi connectivity index (χ0) is 25.5. The average molecular weight is 470 g/mol. The summed E-state index contributed by atoms with van der Waals surface area (Å²) in [4.78, 5) is 61.0. The van der Waals surface area contributed by atoms with Crippen LogP contribution >= 0.6 is 0 Å². The molecule has 1 fully saturated rings. The fourth-order valence-corrected chi connectivity index (χ4v) is 2.03. The molecule has 0 aliphatic carbocycles. The van der Waals surface area contributed by atoms with Gasteiger partial charge in [-0.1, -0.05) is 0 Å². The van der Waals surface area contributed by atoms with Gasteiger partial charge in [-0.15, -0.1) is 0 Å². The molecule has 10 N–H and O–H groups in total. The van der Waals surface area contributed by atoms with Crippen LogP contribution in [0.25, 0.3) is 0 Å². The van der Waals surface area contributed by atoms with Crippen molar-refractivity contribution in [1.29, 1.82) is 0 Å². The Morgan fingerprint density at radius 2 is 0.688 bits per heavy atom. The Hall–Kier alpha value is -3.34. The Morgan fingerprint density at radius 3 is 0.781 bits per heavy atom. The summed E-state index contributed by atoms with van der Waals surface area (Å²) < 4.78 is 0. The lowest BCUT2D eigenvalue weighted by Crippen LogP contribution is -2.42. The van der Waals surface area contributed by atoms with Gasteiger partial charge in [0.05, 0.1) is 25.7 Å². The highest BCUT2D eigenvalue weighted by molar-refractivity contribution is 5.88. The first-order valence-electron chi connectivity index (χ1n) is 8.76. The van der Waals surface area contributed by atoms with Gasteiger partial charge in [0, 0.05) is 26.2 Å². The molecular formula is C16H26N2O14. The Morgan fingerprint density at radius 1 is 0.500 bits per heavy atom. The first-order chi connectivity index (χ1) is 14.6. The van der Waals surface area contributed by atoms with E-state index in [9.17, 15) is 28.8 Å². The van der Waals surface area contributed by atoms with Gasteiger partial charge < -0.3 is 51.5 Å². The molecule has 0 aromatic carbocycles. The molecule has 16 heteroatoms. The van der Waals surface area contributed by atoms with Crippen LogP contribution in [0.1, 0.15) is 25.7 Å². The first-order valence-corrected chi connectivity index (χ1v) is 8.76. The third-order valence-electron chi connectivity index (χ3n) is 3.53. The maximum Gasteiger partial charge on any atom is 0.336 e. The van der Waals surface area contributed by atoms with E-state index >= 15 is 0 Å². The van der Waals surface area contributed by atoms with Crippen molar-refractivity contribution in [3.05, 3.63) is 0 Å². The summed E-state index contributed by atoms with van der Waals surface area (Å²) >= 11 is 0. The molecule has 0 amide bonds. The Labute approximate surface area is 180 Å². The van der Waals surface area contributed by atoms with E-state index in [1.807, 2.05) is 0 Å². The van der Waals surface area contributed by atoms with Crippen LogP contribution in [-0.2, 0) is 28.8 Å². The number of carboxylic acid groups (broad SMARTS) is 6. The van der Waals surface area contributed by atoms with Crippen molar-refractivity contribution >= 4 is 35.8 Å². The van der Waals surface area contributed by atoms with Crippen molar-refractivity contribution in [2.75, 3.05) is 26.2 Å². The van der Waals surface area contributed by atoms with E-state index in [2.05, 4.69) is 10.6 Å². The number of rotatable bonds is 10. The standard InChI is InChI=1S/2C6H8O7.C4H10N2/c2*7-3(8)1-6(13,5(11)12)2-4(9)10;1-2-6-4-3-5-1/h2*13H,1-2H2,(H,7,8)(H,9,10)(H,11,12);5-6H,1-4H2. The number of hydrogen-bond donors (Lipinski definition) is 10. The highest BCUT2D eigenvalue weighted by atomic mass is 16.4. The molecule has 1 aliphatic rings. The number of piperazine rings is 1. The number of nitrogens with one attached hydrogen (secondary N) is 2. The predicted molar refractivity (Wildman–Crippen MR) is 99.9 cm³/mol. The average Bonchev–Trinajstić information content (AvgIpc) is 2.61. The molecule has 16 nitrogen and oxygen atoms in total. The highest BCUT2D eigenvalue weighted by Gasteiger charge is 2.41. The molecule has 1 heterocycles. The van der Waals surface area contributed by atoms with E-state index in [1.165, 1.54) is 0 Å². The van der Waals surface area contributed by atoms with Gasteiger partial charge in [-0.3, -0.25) is 19.2 Å². The molecule has 0 bridgehead atoms. The van der Waals surface area contributed by atoms with Gasteiger partial charge in [0.2, 0.25) is 0 Å². The monoisotopic (exact) mass is 470 g/mol. The molecule has 0 aromatic heterocycles. The van der Waals surface area contributed by atoms with Crippen LogP contribution in [0.2, 0.25) is 0 Å². The molecule has 1 saturated heterocycles. The van der Waals surface area contributed by atoms with Gasteiger partial charge in [-0.05, 0) is 0 Å². The minimum absolute atomic E-state index is 1.14. The van der Waals surface area contributed by atoms with E-state index in [0.717, 1.165) is 26.2 Å². The lowest BCUT2D eigenvalue weighted by molar-refractivity contribution is -0.170. The second-order valence-corrected chi connectivity index (χ2v) is 6.46. The van der Waals surface area contributed by atoms with Crippen LogP contribution in [0, 0.1) is 0 Å². The Balaban J connectivity index is 0. The van der Waals surface area contributed by atoms with Gasteiger partial charge >= 0.3 is 35.8 Å². The van der Waals surface area contributed by atoms with Crippen molar-refractivity contribution in [3.8, 4) is 0 Å². The summed E-state index contributed by atoms with van der Waals surface area (Å²) in [6.45, 7) is 4.56. The summed E-state index contributed by atoms with van der Waals surface area (Å²) in [7, 11) is 0. The molecule has 1 aliphatic heterocycles. The van der Waals surface area contributed by atoms with Crippen molar-refractivity contribution < 1.29 is 69.6 Å². The maximum absolute atomic E-state index is 10.3. The van der Waals surface area contributed by atoms with Gasteiger partial charge in [0.1, 0.15) is 0 Å². The molecule has 184 valence electrons. The van der Waals surface area contributed by atoms with E-state index in [1.54, 1.807) is 0 Å². The topological polar surface area (TPSA) is 288 Å². The van der Waals surface area contributed by atoms with Gasteiger partial charge in [-0.2, -0.15) is 0 Å². The van der Waals surface area contributed by atoms with Crippen LogP contribution in [0.4, 0.5) is 0 Å². The minimum atomic E-state index is -2.74. The molecule has 1 rings (SSSR count). The van der Waals surface area contributed by atoms with E-state index < -0.39 is 72.7 Å². The van der Waals surface area contributed by atoms with Crippen LogP contribution in [-0.4, -0.2) is 114 Å². The molecule has 0 radical (unpaired) electrons. The van der Waals surface area contributed by atoms with Crippen LogP contribution in [0.15, 0.2) is 0 Å². The zero-order valence-corrected chi connectivity index (χ0v) is 16.7. The molecule has 0 unspecified atom stereocenters. The van der Waals surface area contributed by atoms with E-state index in [4.69, 9.17) is 40.9 Å². The van der Waals surface area contributed by atoms with E-state index in [0.29, 0.717) is 0 Å². The highest BCUT2D eigenvalue weighted by Crippen LogP contribution is 2.16. The molecule has 0 spiro atoms. The number of carbonyl (C=O) groups is 6. The van der Waals surface area contributed by atoms with Gasteiger partial charge in [0.15, 0.2) is 11.2 Å². The number of carboxylic acids is 6. The maximum atomic E-state index is 10.3. The van der Waals surface area contributed by atoms with Crippen LogP contribution in [0.3, 0.4) is 0 Å².